The Bertz CT molecular complexity index is 734. The molecule has 1 aromatic carbocycles. The molecular formula is C21H26N2O2S. The Labute approximate surface area is 159 Å². The Morgan fingerprint density at radius 1 is 1.15 bits per heavy atom. The zero-order valence-electron chi connectivity index (χ0n) is 15.2. The molecule has 2 amide bonds. The number of nitrogens with zero attached hydrogens (tertiary/aromatic N) is 1. The van der Waals surface area contributed by atoms with Gasteiger partial charge in [0.05, 0.1) is 6.54 Å². The smallest absolute Gasteiger partial charge is 0.254 e. The van der Waals surface area contributed by atoms with Gasteiger partial charge in [-0.1, -0.05) is 24.3 Å². The second-order valence-corrected chi connectivity index (χ2v) is 7.98. The molecule has 0 radical (unpaired) electrons. The van der Waals surface area contributed by atoms with E-state index in [1.54, 1.807) is 11.3 Å². The largest absolute Gasteiger partial charge is 0.351 e. The molecule has 0 spiro atoms. The highest BCUT2D eigenvalue weighted by molar-refractivity contribution is 7.09. The minimum Gasteiger partial charge on any atom is -0.351 e. The summed E-state index contributed by atoms with van der Waals surface area (Å²) in [4.78, 5) is 27.8. The minimum atomic E-state index is 0.122. The van der Waals surface area contributed by atoms with Gasteiger partial charge in [-0.15, -0.1) is 11.3 Å². The van der Waals surface area contributed by atoms with Crippen LogP contribution in [0.4, 0.5) is 0 Å². The van der Waals surface area contributed by atoms with Crippen molar-refractivity contribution in [3.05, 3.63) is 57.8 Å². The van der Waals surface area contributed by atoms with Crippen LogP contribution in [0.15, 0.2) is 41.8 Å². The third-order valence-electron chi connectivity index (χ3n) is 5.10. The van der Waals surface area contributed by atoms with Crippen molar-refractivity contribution in [1.82, 2.24) is 10.2 Å². The molecule has 1 aromatic heterocycles. The van der Waals surface area contributed by atoms with Gasteiger partial charge in [-0.05, 0) is 55.2 Å². The molecule has 4 nitrogen and oxygen atoms in total. The van der Waals surface area contributed by atoms with Crippen molar-refractivity contribution >= 4 is 23.2 Å². The van der Waals surface area contributed by atoms with Crippen molar-refractivity contribution in [2.45, 2.75) is 39.2 Å². The first-order valence-electron chi connectivity index (χ1n) is 9.27. The minimum absolute atomic E-state index is 0.122. The lowest BCUT2D eigenvalue weighted by Crippen LogP contribution is -2.39. The molecule has 26 heavy (non-hydrogen) atoms. The molecular weight excluding hydrogens is 344 g/mol. The normalized spacial score (nSPS) is 15.0. The van der Waals surface area contributed by atoms with E-state index in [9.17, 15) is 9.59 Å². The highest BCUT2D eigenvalue weighted by atomic mass is 32.1. The molecule has 0 saturated carbocycles. The van der Waals surface area contributed by atoms with E-state index in [4.69, 9.17) is 0 Å². The van der Waals surface area contributed by atoms with Crippen molar-refractivity contribution < 1.29 is 9.59 Å². The summed E-state index contributed by atoms with van der Waals surface area (Å²) < 4.78 is 0. The number of aryl methyl sites for hydroxylation is 1. The molecule has 0 aliphatic carbocycles. The fourth-order valence-corrected chi connectivity index (χ4v) is 4.07. The second-order valence-electron chi connectivity index (χ2n) is 6.95. The molecule has 0 atom stereocenters. The standard InChI is InChI=1S/C21H26N2O2S/c1-16-5-2-3-7-19(16)21(25)23-12-10-17(11-13-23)8-9-20(24)22-15-18-6-4-14-26-18/h2-7,14,17H,8-13,15H2,1H3,(H,22,24). The number of likely N-dealkylation sites (tertiary alicyclic amines) is 1. The Balaban J connectivity index is 1.39. The van der Waals surface area contributed by atoms with E-state index in [2.05, 4.69) is 5.32 Å². The number of amides is 2. The third kappa shape index (κ3) is 4.94. The first-order chi connectivity index (χ1) is 12.6. The molecule has 1 aliphatic rings. The summed E-state index contributed by atoms with van der Waals surface area (Å²) in [6.45, 7) is 4.18. The van der Waals surface area contributed by atoms with E-state index in [0.29, 0.717) is 18.9 Å². The second kappa shape index (κ2) is 8.99. The van der Waals surface area contributed by atoms with E-state index in [1.807, 2.05) is 53.6 Å². The fourth-order valence-electron chi connectivity index (χ4n) is 3.43. The van der Waals surface area contributed by atoms with Gasteiger partial charge >= 0.3 is 0 Å². The molecule has 5 heteroatoms. The third-order valence-corrected chi connectivity index (χ3v) is 5.97. The predicted octanol–water partition coefficient (Wildman–Crippen LogP) is 4.01. The van der Waals surface area contributed by atoms with Gasteiger partial charge in [0.1, 0.15) is 0 Å². The fraction of sp³-hybridized carbons (Fsp3) is 0.429. The molecule has 0 bridgehead atoms. The topological polar surface area (TPSA) is 49.4 Å². The summed E-state index contributed by atoms with van der Waals surface area (Å²) >= 11 is 1.66. The molecule has 1 fully saturated rings. The van der Waals surface area contributed by atoms with Crippen LogP contribution in [0.3, 0.4) is 0 Å². The number of carbonyl (C=O) groups is 2. The number of rotatable bonds is 6. The molecule has 2 aromatic rings. The summed E-state index contributed by atoms with van der Waals surface area (Å²) in [5.74, 6) is 0.787. The number of hydrogen-bond donors (Lipinski definition) is 1. The zero-order chi connectivity index (χ0) is 18.4. The SMILES string of the molecule is Cc1ccccc1C(=O)N1CCC(CCC(=O)NCc2cccs2)CC1. The van der Waals surface area contributed by atoms with E-state index in [0.717, 1.165) is 43.5 Å². The lowest BCUT2D eigenvalue weighted by atomic mass is 9.91. The average molecular weight is 371 g/mol. The van der Waals surface area contributed by atoms with Gasteiger partial charge in [0.25, 0.3) is 5.91 Å². The summed E-state index contributed by atoms with van der Waals surface area (Å²) in [5.41, 5.74) is 1.83. The monoisotopic (exact) mass is 370 g/mol. The van der Waals surface area contributed by atoms with Crippen LogP contribution in [-0.2, 0) is 11.3 Å². The van der Waals surface area contributed by atoms with E-state index in [-0.39, 0.29) is 11.8 Å². The Hall–Kier alpha value is -2.14. The maximum Gasteiger partial charge on any atom is 0.254 e. The van der Waals surface area contributed by atoms with E-state index >= 15 is 0 Å². The van der Waals surface area contributed by atoms with Gasteiger partial charge in [-0.3, -0.25) is 9.59 Å². The number of piperidine rings is 1. The van der Waals surface area contributed by atoms with E-state index in [1.165, 1.54) is 4.88 Å². The molecule has 1 saturated heterocycles. The van der Waals surface area contributed by atoms with Crippen LogP contribution in [0.25, 0.3) is 0 Å². The number of thiophene rings is 1. The maximum absolute atomic E-state index is 12.7. The van der Waals surface area contributed by atoms with Crippen LogP contribution >= 0.6 is 11.3 Å². The molecule has 138 valence electrons. The summed E-state index contributed by atoms with van der Waals surface area (Å²) in [7, 11) is 0. The van der Waals surface area contributed by atoms with Crippen molar-refractivity contribution in [2.24, 2.45) is 5.92 Å². The highest BCUT2D eigenvalue weighted by Crippen LogP contribution is 2.23. The van der Waals surface area contributed by atoms with Gasteiger partial charge in [0, 0.05) is 30.0 Å². The molecule has 2 heterocycles. The van der Waals surface area contributed by atoms with Crippen LogP contribution in [-0.4, -0.2) is 29.8 Å². The lowest BCUT2D eigenvalue weighted by Gasteiger charge is -2.32. The van der Waals surface area contributed by atoms with Crippen molar-refractivity contribution in [2.75, 3.05) is 13.1 Å². The van der Waals surface area contributed by atoms with Crippen molar-refractivity contribution in [1.29, 1.82) is 0 Å². The van der Waals surface area contributed by atoms with Crippen LogP contribution < -0.4 is 5.32 Å². The Morgan fingerprint density at radius 2 is 1.92 bits per heavy atom. The van der Waals surface area contributed by atoms with Gasteiger partial charge in [-0.25, -0.2) is 0 Å². The predicted molar refractivity (Wildman–Crippen MR) is 105 cm³/mol. The van der Waals surface area contributed by atoms with Crippen LogP contribution in [0.2, 0.25) is 0 Å². The van der Waals surface area contributed by atoms with Gasteiger partial charge < -0.3 is 10.2 Å². The van der Waals surface area contributed by atoms with Crippen LogP contribution in [0, 0.1) is 12.8 Å². The Morgan fingerprint density at radius 3 is 2.62 bits per heavy atom. The number of carbonyl (C=O) groups excluding carboxylic acids is 2. The van der Waals surface area contributed by atoms with Crippen LogP contribution in [0.1, 0.15) is 46.5 Å². The lowest BCUT2D eigenvalue weighted by molar-refractivity contribution is -0.121. The molecule has 3 rings (SSSR count). The summed E-state index contributed by atoms with van der Waals surface area (Å²) in [6.07, 6.45) is 3.44. The number of nitrogens with one attached hydrogen (secondary N) is 1. The maximum atomic E-state index is 12.7. The quantitative estimate of drug-likeness (QED) is 0.835. The summed E-state index contributed by atoms with van der Waals surface area (Å²) in [5, 5.41) is 5.01. The Kier molecular flexibility index (Phi) is 6.45. The van der Waals surface area contributed by atoms with Gasteiger partial charge in [0.2, 0.25) is 5.91 Å². The highest BCUT2D eigenvalue weighted by Gasteiger charge is 2.24. The van der Waals surface area contributed by atoms with Crippen molar-refractivity contribution in [3.8, 4) is 0 Å². The first kappa shape index (κ1) is 18.6. The number of hydrogen-bond acceptors (Lipinski definition) is 3. The first-order valence-corrected chi connectivity index (χ1v) is 10.2. The van der Waals surface area contributed by atoms with Gasteiger partial charge in [0.15, 0.2) is 0 Å². The van der Waals surface area contributed by atoms with E-state index < -0.39 is 0 Å². The molecule has 1 N–H and O–H groups in total. The van der Waals surface area contributed by atoms with Crippen molar-refractivity contribution in [3.63, 3.8) is 0 Å². The number of benzene rings is 1. The average Bonchev–Trinajstić information content (AvgIpc) is 3.18. The van der Waals surface area contributed by atoms with Crippen LogP contribution in [0.5, 0.6) is 0 Å². The molecule has 1 aliphatic heterocycles. The van der Waals surface area contributed by atoms with Gasteiger partial charge in [-0.2, -0.15) is 0 Å². The zero-order valence-corrected chi connectivity index (χ0v) is 16.1. The molecule has 0 unspecified atom stereocenters. The summed E-state index contributed by atoms with van der Waals surface area (Å²) in [6, 6.07) is 11.8.